The number of nitrogens with zero attached hydrogens (tertiary/aromatic N) is 1. The zero-order valence-electron chi connectivity index (χ0n) is 15.5. The number of likely N-dealkylation sites (N-methyl/N-ethyl adjacent to an activating group) is 1. The zero-order chi connectivity index (χ0) is 17.6. The summed E-state index contributed by atoms with van der Waals surface area (Å²) in [6.45, 7) is 4.75. The van der Waals surface area contributed by atoms with Crippen LogP contribution in [0.5, 0.6) is 0 Å². The largest absolute Gasteiger partial charge is 0.355 e. The normalized spacial score (nSPS) is 12.4. The van der Waals surface area contributed by atoms with E-state index >= 15 is 0 Å². The third-order valence-corrected chi connectivity index (χ3v) is 4.74. The number of carbonyl (C=O) groups excluding carboxylic acids is 1. The maximum absolute atomic E-state index is 13.3. The highest BCUT2D eigenvalue weighted by molar-refractivity contribution is 5.92. The second kappa shape index (κ2) is 9.59. The summed E-state index contributed by atoms with van der Waals surface area (Å²) in [5.41, 5.74) is 1.38. The smallest absolute Gasteiger partial charge is 0.235 e. The molecule has 0 heterocycles. The first kappa shape index (κ1) is 21.2. The highest BCUT2D eigenvalue weighted by atomic mass is 35.5. The van der Waals surface area contributed by atoms with Crippen molar-refractivity contribution >= 4 is 18.3 Å². The molecule has 0 aliphatic heterocycles. The van der Waals surface area contributed by atoms with E-state index in [0.717, 1.165) is 17.5 Å². The van der Waals surface area contributed by atoms with Gasteiger partial charge >= 0.3 is 0 Å². The molecule has 1 N–H and O–H groups in total. The monoisotopic (exact) mass is 360 g/mol. The Kier molecular flexibility index (Phi) is 8.14. The lowest BCUT2D eigenvalue weighted by Crippen LogP contribution is -2.48. The minimum atomic E-state index is -0.692. The molecule has 0 aromatic heterocycles. The first-order valence-electron chi connectivity index (χ1n) is 8.58. The zero-order valence-corrected chi connectivity index (χ0v) is 16.3. The fourth-order valence-corrected chi connectivity index (χ4v) is 3.14. The Hall–Kier alpha value is -1.84. The van der Waals surface area contributed by atoms with E-state index in [2.05, 4.69) is 55.5 Å². The molecule has 0 aliphatic carbocycles. The van der Waals surface area contributed by atoms with Crippen LogP contribution in [0.4, 0.5) is 0 Å². The molecule has 0 saturated heterocycles. The fourth-order valence-electron chi connectivity index (χ4n) is 3.14. The maximum Gasteiger partial charge on any atom is 0.235 e. The molecule has 2 aromatic rings. The predicted molar refractivity (Wildman–Crippen MR) is 107 cm³/mol. The van der Waals surface area contributed by atoms with Gasteiger partial charge in [-0.1, -0.05) is 60.7 Å². The first-order chi connectivity index (χ1) is 11.5. The number of hydrogen-bond donors (Lipinski definition) is 1. The Morgan fingerprint density at radius 2 is 1.44 bits per heavy atom. The van der Waals surface area contributed by atoms with Crippen LogP contribution in [0.25, 0.3) is 0 Å². The van der Waals surface area contributed by atoms with Crippen LogP contribution >= 0.6 is 12.4 Å². The van der Waals surface area contributed by atoms with Crippen molar-refractivity contribution < 1.29 is 4.79 Å². The van der Waals surface area contributed by atoms with Crippen molar-refractivity contribution in [2.45, 2.75) is 31.7 Å². The van der Waals surface area contributed by atoms with Gasteiger partial charge in [0.25, 0.3) is 0 Å². The van der Waals surface area contributed by atoms with E-state index < -0.39 is 5.41 Å². The van der Waals surface area contributed by atoms with Crippen LogP contribution in [0.2, 0.25) is 0 Å². The van der Waals surface area contributed by atoms with Crippen molar-refractivity contribution in [1.82, 2.24) is 10.2 Å². The number of hydrogen-bond acceptors (Lipinski definition) is 2. The van der Waals surface area contributed by atoms with Crippen LogP contribution in [0.3, 0.4) is 0 Å². The lowest BCUT2D eigenvalue weighted by molar-refractivity contribution is -0.125. The average molecular weight is 361 g/mol. The number of halogens is 1. The average Bonchev–Trinajstić information content (AvgIpc) is 2.61. The lowest BCUT2D eigenvalue weighted by Gasteiger charge is -2.37. The van der Waals surface area contributed by atoms with Gasteiger partial charge in [0.05, 0.1) is 0 Å². The summed E-state index contributed by atoms with van der Waals surface area (Å²) in [6, 6.07) is 20.5. The van der Waals surface area contributed by atoms with Gasteiger partial charge in [0.1, 0.15) is 5.41 Å². The molecule has 3 nitrogen and oxygen atoms in total. The molecule has 0 radical (unpaired) electrons. The van der Waals surface area contributed by atoms with Crippen LogP contribution in [0.1, 0.15) is 31.4 Å². The minimum absolute atomic E-state index is 0. The van der Waals surface area contributed by atoms with Gasteiger partial charge in [0.15, 0.2) is 0 Å². The van der Waals surface area contributed by atoms with E-state index in [1.807, 2.05) is 43.3 Å². The summed E-state index contributed by atoms with van der Waals surface area (Å²) in [5, 5.41) is 3.07. The number of nitrogens with one attached hydrogen (secondary N) is 1. The topological polar surface area (TPSA) is 32.3 Å². The Balaban J connectivity index is 0.00000312. The first-order valence-corrected chi connectivity index (χ1v) is 8.58. The van der Waals surface area contributed by atoms with E-state index in [-0.39, 0.29) is 24.4 Å². The van der Waals surface area contributed by atoms with E-state index in [4.69, 9.17) is 0 Å². The Bertz CT molecular complexity index is 604. The number of benzene rings is 2. The highest BCUT2D eigenvalue weighted by Crippen LogP contribution is 2.38. The number of rotatable bonds is 7. The summed E-state index contributed by atoms with van der Waals surface area (Å²) in [5.74, 6) is 0.0658. The minimum Gasteiger partial charge on any atom is -0.355 e. The van der Waals surface area contributed by atoms with Crippen LogP contribution in [-0.4, -0.2) is 37.5 Å². The summed E-state index contributed by atoms with van der Waals surface area (Å²) in [6.07, 6.45) is 0.722. The van der Waals surface area contributed by atoms with Crippen LogP contribution < -0.4 is 5.32 Å². The van der Waals surface area contributed by atoms with Gasteiger partial charge in [0.2, 0.25) is 5.91 Å². The molecule has 2 aromatic carbocycles. The van der Waals surface area contributed by atoms with E-state index in [1.165, 1.54) is 0 Å². The fraction of sp³-hybridized carbons (Fsp3) is 0.381. The Labute approximate surface area is 157 Å². The number of carbonyl (C=O) groups is 1. The summed E-state index contributed by atoms with van der Waals surface area (Å²) in [7, 11) is 4.12. The molecule has 2 rings (SSSR count). The maximum atomic E-state index is 13.3. The molecule has 0 bridgehead atoms. The van der Waals surface area contributed by atoms with Crippen molar-refractivity contribution in [2.24, 2.45) is 0 Å². The second-order valence-electron chi connectivity index (χ2n) is 6.51. The van der Waals surface area contributed by atoms with Crippen molar-refractivity contribution in [2.75, 3.05) is 20.6 Å². The Morgan fingerprint density at radius 1 is 1.00 bits per heavy atom. The quantitative estimate of drug-likeness (QED) is 0.812. The van der Waals surface area contributed by atoms with Gasteiger partial charge in [-0.05, 0) is 45.5 Å². The Morgan fingerprint density at radius 3 is 1.80 bits per heavy atom. The van der Waals surface area contributed by atoms with Gasteiger partial charge in [-0.15, -0.1) is 12.4 Å². The van der Waals surface area contributed by atoms with Crippen molar-refractivity contribution in [1.29, 1.82) is 0 Å². The molecule has 0 saturated carbocycles. The molecule has 1 atom stereocenters. The third kappa shape index (κ3) is 4.62. The van der Waals surface area contributed by atoms with Crippen LogP contribution in [-0.2, 0) is 10.2 Å². The van der Waals surface area contributed by atoms with Crippen LogP contribution in [0, 0.1) is 0 Å². The molecule has 4 heteroatoms. The molecule has 25 heavy (non-hydrogen) atoms. The van der Waals surface area contributed by atoms with Crippen molar-refractivity contribution in [3.05, 3.63) is 71.8 Å². The summed E-state index contributed by atoms with van der Waals surface area (Å²) < 4.78 is 0. The van der Waals surface area contributed by atoms with Gasteiger partial charge in [-0.3, -0.25) is 4.79 Å². The SMILES string of the molecule is CCNC(=O)C(CC(C)N(C)C)(c1ccccc1)c1ccccc1.Cl. The van der Waals surface area contributed by atoms with Crippen molar-refractivity contribution in [3.8, 4) is 0 Å². The molecule has 1 unspecified atom stereocenters. The van der Waals surface area contributed by atoms with Gasteiger partial charge in [-0.25, -0.2) is 0 Å². The number of amides is 1. The molecular weight excluding hydrogens is 332 g/mol. The molecule has 0 fully saturated rings. The lowest BCUT2D eigenvalue weighted by atomic mass is 9.69. The highest BCUT2D eigenvalue weighted by Gasteiger charge is 2.43. The van der Waals surface area contributed by atoms with Gasteiger partial charge < -0.3 is 10.2 Å². The molecule has 136 valence electrons. The molecule has 1 amide bonds. The summed E-state index contributed by atoms with van der Waals surface area (Å²) >= 11 is 0. The third-order valence-electron chi connectivity index (χ3n) is 4.74. The predicted octanol–water partition coefficient (Wildman–Crippen LogP) is 3.87. The molecule has 0 aliphatic rings. The van der Waals surface area contributed by atoms with E-state index in [0.29, 0.717) is 6.54 Å². The second-order valence-corrected chi connectivity index (χ2v) is 6.51. The van der Waals surface area contributed by atoms with E-state index in [1.54, 1.807) is 0 Å². The van der Waals surface area contributed by atoms with Crippen LogP contribution in [0.15, 0.2) is 60.7 Å². The molecule has 0 spiro atoms. The standard InChI is InChI=1S/C21H28N2O.ClH/c1-5-22-20(24)21(16-17(2)23(3)4,18-12-8-6-9-13-18)19-14-10-7-11-15-19;/h6-15,17H,5,16H2,1-4H3,(H,22,24);1H. The molecular formula is C21H29ClN2O. The van der Waals surface area contributed by atoms with Crippen molar-refractivity contribution in [3.63, 3.8) is 0 Å². The van der Waals surface area contributed by atoms with E-state index in [9.17, 15) is 4.79 Å². The summed E-state index contributed by atoms with van der Waals surface area (Å²) in [4.78, 5) is 15.5. The van der Waals surface area contributed by atoms with Gasteiger partial charge in [0, 0.05) is 12.6 Å². The van der Waals surface area contributed by atoms with Gasteiger partial charge in [-0.2, -0.15) is 0 Å².